The van der Waals surface area contributed by atoms with Crippen molar-refractivity contribution in [2.45, 2.75) is 57.9 Å². The summed E-state index contributed by atoms with van der Waals surface area (Å²) in [5, 5.41) is 5.42. The Kier molecular flexibility index (Phi) is 5.14. The van der Waals surface area contributed by atoms with E-state index in [0.29, 0.717) is 0 Å². The van der Waals surface area contributed by atoms with Crippen LogP contribution in [0.2, 0.25) is 0 Å². The predicted molar refractivity (Wildman–Crippen MR) is 175 cm³/mol. The number of nitrogens with zero attached hydrogens (tertiary/aromatic N) is 2. The number of fused-ring (bicyclic) bond motifs is 8. The largest absolute Gasteiger partial charge is 0.336 e. The summed E-state index contributed by atoms with van der Waals surface area (Å²) in [5.41, 5.74) is 11.0. The van der Waals surface area contributed by atoms with E-state index in [1.54, 1.807) is 0 Å². The molecule has 8 rings (SSSR count). The average Bonchev–Trinajstić information content (AvgIpc) is 3.48. The highest BCUT2D eigenvalue weighted by Crippen LogP contribution is 2.49. The lowest BCUT2D eigenvalue weighted by Gasteiger charge is -2.42. The molecule has 0 N–H and O–H groups in total. The zero-order valence-corrected chi connectivity index (χ0v) is 24.4. The molecule has 2 aromatic heterocycles. The molecule has 0 atom stereocenters. The smallest absolute Gasteiger partial charge is 0.0548 e. The summed E-state index contributed by atoms with van der Waals surface area (Å²) in [6, 6.07) is 40.5. The molecule has 2 heterocycles. The number of benzene rings is 5. The van der Waals surface area contributed by atoms with Crippen molar-refractivity contribution in [3.8, 4) is 5.69 Å². The second kappa shape index (κ2) is 8.60. The summed E-state index contributed by atoms with van der Waals surface area (Å²) < 4.78 is 5.02. The van der Waals surface area contributed by atoms with E-state index in [-0.39, 0.29) is 10.8 Å². The Morgan fingerprint density at radius 3 is 1.85 bits per heavy atom. The van der Waals surface area contributed by atoms with Gasteiger partial charge in [-0.25, -0.2) is 0 Å². The molecule has 2 heteroatoms. The highest BCUT2D eigenvalue weighted by molar-refractivity contribution is 6.28. The van der Waals surface area contributed by atoms with Gasteiger partial charge in [0.15, 0.2) is 0 Å². The van der Waals surface area contributed by atoms with Gasteiger partial charge >= 0.3 is 0 Å². The molecule has 41 heavy (non-hydrogen) atoms. The Labute approximate surface area is 241 Å². The summed E-state index contributed by atoms with van der Waals surface area (Å²) in [5.74, 6) is 0. The summed E-state index contributed by atoms with van der Waals surface area (Å²) in [6.45, 7) is 10.6. The third-order valence-electron chi connectivity index (χ3n) is 9.83. The molecular formula is C39H36N2. The second-order valence-electron chi connectivity index (χ2n) is 13.3. The third-order valence-corrected chi connectivity index (χ3v) is 9.83. The lowest BCUT2D eigenvalue weighted by molar-refractivity contribution is 0.332. The van der Waals surface area contributed by atoms with Crippen LogP contribution in [0.1, 0.15) is 57.2 Å². The molecule has 0 fully saturated rings. The molecule has 202 valence electrons. The molecular weight excluding hydrogens is 496 g/mol. The van der Waals surface area contributed by atoms with Gasteiger partial charge < -0.3 is 9.13 Å². The van der Waals surface area contributed by atoms with Crippen LogP contribution in [0.4, 0.5) is 0 Å². The average molecular weight is 533 g/mol. The van der Waals surface area contributed by atoms with Gasteiger partial charge in [-0.3, -0.25) is 0 Å². The highest BCUT2D eigenvalue weighted by Gasteiger charge is 2.38. The zero-order chi connectivity index (χ0) is 27.9. The van der Waals surface area contributed by atoms with Crippen molar-refractivity contribution in [3.63, 3.8) is 0 Å². The molecule has 0 aliphatic heterocycles. The van der Waals surface area contributed by atoms with Gasteiger partial charge in [-0.1, -0.05) is 94.4 Å². The molecule has 0 spiro atoms. The first kappa shape index (κ1) is 24.5. The van der Waals surface area contributed by atoms with E-state index >= 15 is 0 Å². The van der Waals surface area contributed by atoms with E-state index < -0.39 is 0 Å². The first-order valence-electron chi connectivity index (χ1n) is 15.0. The van der Waals surface area contributed by atoms with Crippen molar-refractivity contribution >= 4 is 43.6 Å². The Balaban J connectivity index is 1.56. The van der Waals surface area contributed by atoms with Crippen LogP contribution in [0.5, 0.6) is 0 Å². The molecule has 2 nitrogen and oxygen atoms in total. The lowest BCUT2D eigenvalue weighted by atomic mass is 9.63. The highest BCUT2D eigenvalue weighted by atomic mass is 15.0. The van der Waals surface area contributed by atoms with Crippen molar-refractivity contribution in [1.29, 1.82) is 0 Å². The molecule has 0 radical (unpaired) electrons. The standard InChI is InChI=1S/C39H36N2/c1-38(2)21-22-39(3,4)31-24-35-29(23-30(31)38)37-34(41(35)27-15-9-6-10-16-27)20-19-33-36(37)28-17-11-12-18-32(28)40(33)25-26-13-7-5-8-14-26/h5-20,23-24H,21-22,25H2,1-4H3. The first-order valence-corrected chi connectivity index (χ1v) is 15.0. The van der Waals surface area contributed by atoms with Gasteiger partial charge in [0.2, 0.25) is 0 Å². The Hall–Kier alpha value is -4.30. The van der Waals surface area contributed by atoms with Gasteiger partial charge in [-0.05, 0) is 82.8 Å². The molecule has 0 saturated carbocycles. The van der Waals surface area contributed by atoms with Gasteiger partial charge in [0, 0.05) is 39.3 Å². The van der Waals surface area contributed by atoms with Crippen molar-refractivity contribution in [2.75, 3.05) is 0 Å². The fourth-order valence-electron chi connectivity index (χ4n) is 7.50. The maximum absolute atomic E-state index is 2.57. The molecule has 1 aliphatic rings. The lowest BCUT2D eigenvalue weighted by Crippen LogP contribution is -2.33. The van der Waals surface area contributed by atoms with E-state index in [0.717, 1.165) is 6.54 Å². The van der Waals surface area contributed by atoms with Crippen LogP contribution < -0.4 is 0 Å². The predicted octanol–water partition coefficient (Wildman–Crippen LogP) is 10.3. The SMILES string of the molecule is CC1(C)CCC(C)(C)c2cc3c(cc21)c1c2c4ccccc4n(Cc4ccccc4)c2ccc1n3-c1ccccc1. The van der Waals surface area contributed by atoms with E-state index in [4.69, 9.17) is 0 Å². The summed E-state index contributed by atoms with van der Waals surface area (Å²) in [4.78, 5) is 0. The molecule has 0 saturated heterocycles. The first-order chi connectivity index (χ1) is 19.8. The maximum Gasteiger partial charge on any atom is 0.0548 e. The minimum atomic E-state index is 0.148. The van der Waals surface area contributed by atoms with E-state index in [1.165, 1.54) is 78.8 Å². The summed E-state index contributed by atoms with van der Waals surface area (Å²) in [6.07, 6.45) is 2.42. The third kappa shape index (κ3) is 3.56. The van der Waals surface area contributed by atoms with Gasteiger partial charge in [-0.15, -0.1) is 0 Å². The number of hydrogen-bond acceptors (Lipinski definition) is 0. The van der Waals surface area contributed by atoms with Crippen molar-refractivity contribution in [1.82, 2.24) is 9.13 Å². The number of aromatic nitrogens is 2. The number of para-hydroxylation sites is 2. The number of hydrogen-bond donors (Lipinski definition) is 0. The Morgan fingerprint density at radius 1 is 0.537 bits per heavy atom. The molecule has 1 aliphatic carbocycles. The van der Waals surface area contributed by atoms with Crippen LogP contribution in [-0.2, 0) is 17.4 Å². The molecule has 0 unspecified atom stereocenters. The van der Waals surface area contributed by atoms with Gasteiger partial charge in [0.25, 0.3) is 0 Å². The monoisotopic (exact) mass is 532 g/mol. The van der Waals surface area contributed by atoms with Crippen molar-refractivity contribution in [2.24, 2.45) is 0 Å². The molecule has 0 amide bonds. The topological polar surface area (TPSA) is 9.86 Å². The normalized spacial score (nSPS) is 16.1. The van der Waals surface area contributed by atoms with Crippen molar-refractivity contribution in [3.05, 3.63) is 126 Å². The molecule has 5 aromatic carbocycles. The fraction of sp³-hybridized carbons (Fsp3) is 0.231. The summed E-state index contributed by atoms with van der Waals surface area (Å²) >= 11 is 0. The number of rotatable bonds is 3. The quantitative estimate of drug-likeness (QED) is 0.214. The van der Waals surface area contributed by atoms with Crippen molar-refractivity contribution < 1.29 is 0 Å². The maximum atomic E-state index is 2.57. The molecule has 7 aromatic rings. The van der Waals surface area contributed by atoms with Crippen LogP contribution in [0, 0.1) is 0 Å². The van der Waals surface area contributed by atoms with Crippen LogP contribution in [0.25, 0.3) is 49.3 Å². The minimum absolute atomic E-state index is 0.148. The van der Waals surface area contributed by atoms with Gasteiger partial charge in [0.1, 0.15) is 0 Å². The van der Waals surface area contributed by atoms with Crippen LogP contribution >= 0.6 is 0 Å². The Morgan fingerprint density at radius 2 is 1.12 bits per heavy atom. The fourth-order valence-corrected chi connectivity index (χ4v) is 7.50. The molecule has 0 bridgehead atoms. The van der Waals surface area contributed by atoms with E-state index in [1.807, 2.05) is 0 Å². The van der Waals surface area contributed by atoms with Crippen LogP contribution in [0.15, 0.2) is 109 Å². The van der Waals surface area contributed by atoms with E-state index in [9.17, 15) is 0 Å². The van der Waals surface area contributed by atoms with Crippen LogP contribution in [-0.4, -0.2) is 9.13 Å². The van der Waals surface area contributed by atoms with Gasteiger partial charge in [0.05, 0.1) is 16.6 Å². The van der Waals surface area contributed by atoms with E-state index in [2.05, 4.69) is 146 Å². The van der Waals surface area contributed by atoms with Crippen LogP contribution in [0.3, 0.4) is 0 Å². The zero-order valence-electron chi connectivity index (χ0n) is 24.4. The van der Waals surface area contributed by atoms with Gasteiger partial charge in [-0.2, -0.15) is 0 Å². The second-order valence-corrected chi connectivity index (χ2v) is 13.3. The Bertz CT molecular complexity index is 2100. The summed E-state index contributed by atoms with van der Waals surface area (Å²) in [7, 11) is 0. The minimum Gasteiger partial charge on any atom is -0.336 e.